The minimum Gasteiger partial charge on any atom is -0.377 e. The minimum absolute atomic E-state index is 0.0242. The lowest BCUT2D eigenvalue weighted by Gasteiger charge is -2.24. The Morgan fingerprint density at radius 1 is 1.28 bits per heavy atom. The smallest absolute Gasteiger partial charge is 0.357 e. The van der Waals surface area contributed by atoms with Crippen LogP contribution in [0.5, 0.6) is 0 Å². The third-order valence-electron chi connectivity index (χ3n) is 7.27. The highest BCUT2D eigenvalue weighted by Gasteiger charge is 2.25. The van der Waals surface area contributed by atoms with Crippen LogP contribution in [0.2, 0.25) is 0 Å². The first-order valence-electron chi connectivity index (χ1n) is 13.9. The second-order valence-electron chi connectivity index (χ2n) is 10.4. The van der Waals surface area contributed by atoms with Crippen LogP contribution in [0, 0.1) is 13.8 Å². The lowest BCUT2D eigenvalue weighted by atomic mass is 10.1. The molecular weight excluding hydrogens is 494 g/mol. The van der Waals surface area contributed by atoms with Crippen molar-refractivity contribution in [2.75, 3.05) is 42.5 Å². The fourth-order valence-electron chi connectivity index (χ4n) is 5.05. The Labute approximate surface area is 230 Å². The largest absolute Gasteiger partial charge is 0.377 e. The molecule has 0 fully saturated rings. The Bertz CT molecular complexity index is 1240. The van der Waals surface area contributed by atoms with E-state index in [0.29, 0.717) is 13.0 Å². The van der Waals surface area contributed by atoms with Gasteiger partial charge >= 0.3 is 5.82 Å². The first-order chi connectivity index (χ1) is 18.8. The van der Waals surface area contributed by atoms with Gasteiger partial charge in [-0.2, -0.15) is 5.10 Å². The zero-order chi connectivity index (χ0) is 27.8. The van der Waals surface area contributed by atoms with Crippen molar-refractivity contribution in [2.24, 2.45) is 0 Å². The van der Waals surface area contributed by atoms with Gasteiger partial charge in [0.15, 0.2) is 18.0 Å². The number of rotatable bonds is 14. The summed E-state index contributed by atoms with van der Waals surface area (Å²) in [5.74, 6) is 1.38. The number of ketones is 1. The van der Waals surface area contributed by atoms with Gasteiger partial charge in [-0.3, -0.25) is 14.8 Å². The summed E-state index contributed by atoms with van der Waals surface area (Å²) in [7, 11) is 0. The number of carbonyl (C=O) groups excluding carboxylic acids is 1. The number of Topliss-reactive ketones (excluding diaryl/α,β-unsaturated/α-hetero) is 1. The minimum atomic E-state index is -0.502. The van der Waals surface area contributed by atoms with Crippen LogP contribution in [0.4, 0.5) is 17.5 Å². The summed E-state index contributed by atoms with van der Waals surface area (Å²) in [6, 6.07) is 5.96. The number of anilines is 3. The monoisotopic (exact) mass is 536 g/mol. The van der Waals surface area contributed by atoms with Crippen LogP contribution in [-0.2, 0) is 24.2 Å². The maximum Gasteiger partial charge on any atom is 0.357 e. The van der Waals surface area contributed by atoms with E-state index < -0.39 is 6.04 Å². The Balaban J connectivity index is 1.35. The van der Waals surface area contributed by atoms with Crippen molar-refractivity contribution < 1.29 is 14.7 Å². The van der Waals surface area contributed by atoms with Crippen LogP contribution in [-0.4, -0.2) is 67.9 Å². The molecule has 11 nitrogen and oxygen atoms in total. The second kappa shape index (κ2) is 13.4. The van der Waals surface area contributed by atoms with E-state index in [2.05, 4.69) is 50.7 Å². The van der Waals surface area contributed by atoms with Gasteiger partial charge in [-0.1, -0.05) is 6.07 Å². The van der Waals surface area contributed by atoms with E-state index in [0.717, 1.165) is 85.9 Å². The standard InChI is InChI=1S/C28H41N9O2/c1-20-19-21(2)36(34-20)18-17-35(14-5-4-8-24-10-9-23-7-6-12-31-27(23)32-24)15-11-25(22(3)38)33-28-26(29)30-13-16-37(28)39/h9-10,13,16,19,25,39H,4-8,11-12,14-15,17-18H2,1-3H3,(H3,29,30,31,32)/p+1/t25-/m0/s1. The van der Waals surface area contributed by atoms with Gasteiger partial charge in [0, 0.05) is 37.4 Å². The van der Waals surface area contributed by atoms with Gasteiger partial charge in [0.05, 0.1) is 18.4 Å². The lowest BCUT2D eigenvalue weighted by Crippen LogP contribution is -2.41. The highest BCUT2D eigenvalue weighted by molar-refractivity contribution is 5.84. The number of unbranched alkanes of at least 4 members (excludes halogenated alkanes) is 1. The van der Waals surface area contributed by atoms with Crippen LogP contribution >= 0.6 is 0 Å². The first-order valence-corrected chi connectivity index (χ1v) is 13.9. The SMILES string of the molecule is CC(=O)[C@H](CCN(CCCCc1ccc2c(n1)NCCC2)CCn1nc(C)cc1C)Nc1c(N)ncc[n+]1O. The Hall–Kier alpha value is -3.73. The first kappa shape index (κ1) is 28.3. The van der Waals surface area contributed by atoms with E-state index in [1.54, 1.807) is 6.92 Å². The van der Waals surface area contributed by atoms with Crippen LogP contribution in [0.1, 0.15) is 55.3 Å². The van der Waals surface area contributed by atoms with Crippen molar-refractivity contribution in [3.05, 3.63) is 53.2 Å². The van der Waals surface area contributed by atoms with E-state index in [1.165, 1.54) is 18.0 Å². The summed E-state index contributed by atoms with van der Waals surface area (Å²) in [4.78, 5) is 23.7. The van der Waals surface area contributed by atoms with Gasteiger partial charge in [0.1, 0.15) is 5.82 Å². The number of hydrogen-bond donors (Lipinski definition) is 4. The van der Waals surface area contributed by atoms with Crippen molar-refractivity contribution >= 4 is 23.2 Å². The predicted molar refractivity (Wildman–Crippen MR) is 151 cm³/mol. The average Bonchev–Trinajstić information content (AvgIpc) is 3.24. The van der Waals surface area contributed by atoms with Gasteiger partial charge in [-0.15, -0.1) is 0 Å². The Morgan fingerprint density at radius 3 is 2.87 bits per heavy atom. The van der Waals surface area contributed by atoms with Crippen LogP contribution in [0.15, 0.2) is 30.6 Å². The topological polar surface area (TPSA) is 138 Å². The predicted octanol–water partition coefficient (Wildman–Crippen LogP) is 2.54. The van der Waals surface area contributed by atoms with Crippen molar-refractivity contribution in [1.29, 1.82) is 0 Å². The molecule has 0 spiro atoms. The highest BCUT2D eigenvalue weighted by Crippen LogP contribution is 2.20. The molecule has 0 aromatic carbocycles. The second-order valence-corrected chi connectivity index (χ2v) is 10.4. The lowest BCUT2D eigenvalue weighted by molar-refractivity contribution is -0.893. The molecular formula is C28H42N9O2+. The number of hydrogen-bond acceptors (Lipinski definition) is 9. The van der Waals surface area contributed by atoms with Gasteiger partial charge in [0.25, 0.3) is 0 Å². The number of pyridine rings is 1. The number of nitrogens with two attached hydrogens (primary N) is 1. The molecule has 0 aliphatic carbocycles. The number of nitrogen functional groups attached to an aromatic ring is 1. The molecule has 4 heterocycles. The molecule has 3 aromatic rings. The van der Waals surface area contributed by atoms with E-state index in [-0.39, 0.29) is 17.4 Å². The summed E-state index contributed by atoms with van der Waals surface area (Å²) in [6.07, 6.45) is 8.61. The van der Waals surface area contributed by atoms with E-state index in [4.69, 9.17) is 10.7 Å². The number of fused-ring (bicyclic) bond motifs is 1. The summed E-state index contributed by atoms with van der Waals surface area (Å²) in [5, 5.41) is 21.3. The summed E-state index contributed by atoms with van der Waals surface area (Å²) in [6.45, 7) is 9.84. The highest BCUT2D eigenvalue weighted by atomic mass is 16.5. The number of nitrogens with one attached hydrogen (secondary N) is 2. The molecule has 0 radical (unpaired) electrons. The van der Waals surface area contributed by atoms with E-state index in [9.17, 15) is 10.0 Å². The quantitative estimate of drug-likeness (QED) is 0.139. The van der Waals surface area contributed by atoms with E-state index >= 15 is 0 Å². The summed E-state index contributed by atoms with van der Waals surface area (Å²) >= 11 is 0. The molecule has 1 aliphatic rings. The summed E-state index contributed by atoms with van der Waals surface area (Å²) in [5.41, 5.74) is 10.5. The maximum absolute atomic E-state index is 12.5. The Morgan fingerprint density at radius 2 is 2.13 bits per heavy atom. The summed E-state index contributed by atoms with van der Waals surface area (Å²) < 4.78 is 2.90. The third kappa shape index (κ3) is 7.89. The maximum atomic E-state index is 12.5. The van der Waals surface area contributed by atoms with Gasteiger partial charge in [0.2, 0.25) is 5.82 Å². The molecule has 5 N–H and O–H groups in total. The van der Waals surface area contributed by atoms with E-state index in [1.807, 2.05) is 11.6 Å². The van der Waals surface area contributed by atoms with Crippen molar-refractivity contribution in [3.63, 3.8) is 0 Å². The van der Waals surface area contributed by atoms with Crippen LogP contribution in [0.25, 0.3) is 0 Å². The zero-order valence-corrected chi connectivity index (χ0v) is 23.4. The molecule has 0 amide bonds. The average molecular weight is 537 g/mol. The molecule has 1 atom stereocenters. The van der Waals surface area contributed by atoms with Gasteiger partial charge in [-0.25, -0.2) is 9.97 Å². The molecule has 210 valence electrons. The van der Waals surface area contributed by atoms with Crippen LogP contribution in [0.3, 0.4) is 0 Å². The number of nitrogens with zero attached hydrogens (tertiary/aromatic N) is 6. The molecule has 0 unspecified atom stereocenters. The zero-order valence-electron chi connectivity index (χ0n) is 23.4. The molecule has 4 rings (SSSR count). The number of aromatic nitrogens is 5. The molecule has 3 aromatic heterocycles. The fraction of sp³-hybridized carbons (Fsp3) is 0.536. The Kier molecular flexibility index (Phi) is 9.69. The third-order valence-corrected chi connectivity index (χ3v) is 7.27. The number of carbonyl (C=O) groups is 1. The molecule has 39 heavy (non-hydrogen) atoms. The van der Waals surface area contributed by atoms with Gasteiger partial charge < -0.3 is 21.2 Å². The van der Waals surface area contributed by atoms with Crippen molar-refractivity contribution in [3.8, 4) is 0 Å². The number of aryl methyl sites for hydroxylation is 4. The van der Waals surface area contributed by atoms with Crippen molar-refractivity contribution in [1.82, 2.24) is 24.6 Å². The normalized spacial score (nSPS) is 13.6. The van der Waals surface area contributed by atoms with Crippen LogP contribution < -0.4 is 21.1 Å². The fourth-order valence-corrected chi connectivity index (χ4v) is 5.05. The molecule has 0 saturated heterocycles. The van der Waals surface area contributed by atoms with Crippen molar-refractivity contribution in [2.45, 2.75) is 71.9 Å². The molecule has 0 saturated carbocycles. The molecule has 1 aliphatic heterocycles. The molecule has 11 heteroatoms. The van der Waals surface area contributed by atoms with Gasteiger partial charge in [-0.05, 0) is 81.8 Å². The molecule has 0 bridgehead atoms.